The van der Waals surface area contributed by atoms with Gasteiger partial charge in [-0.3, -0.25) is 0 Å². The Kier molecular flexibility index (Phi) is 4.16. The third-order valence-corrected chi connectivity index (χ3v) is 0.254. The summed E-state index contributed by atoms with van der Waals surface area (Å²) in [6.07, 6.45) is 0. The zero-order chi connectivity index (χ0) is 3.41. The molecule has 0 spiro atoms. The summed E-state index contributed by atoms with van der Waals surface area (Å²) in [5, 5.41) is 7.42. The van der Waals surface area contributed by atoms with Crippen molar-refractivity contribution in [2.75, 3.05) is 0 Å². The zero-order valence-corrected chi connectivity index (χ0v) is 3.93. The van der Waals surface area contributed by atoms with E-state index in [0.29, 0.717) is 0 Å². The predicted molar refractivity (Wildman–Crippen MR) is 7.14 cm³/mol. The number of hydrogen-bond donors (Lipinski definition) is 3. The molecule has 0 aliphatic rings. The maximum atomic E-state index is 7.62. The minimum atomic E-state index is -1.08. The summed E-state index contributed by atoms with van der Waals surface area (Å²) in [5.41, 5.74) is 0. The van der Waals surface area contributed by atoms with E-state index >= 15 is 0 Å². The molecular weight excluding hydrogens is 173 g/mol. The number of hydrogen-bond acceptors (Lipinski definition) is 3. The Bertz CT molecular complexity index is 8.00. The molecular formula is H3INO2-. The van der Waals surface area contributed by atoms with Crippen LogP contribution in [0.3, 0.4) is 0 Å². The van der Waals surface area contributed by atoms with Crippen molar-refractivity contribution in [1.29, 1.82) is 0 Å². The second-order valence-electron chi connectivity index (χ2n) is 0.169. The fraction of sp³-hybridized carbons (Fsp3) is 0. The van der Waals surface area contributed by atoms with Gasteiger partial charge in [0, 0.05) is 0 Å². The van der Waals surface area contributed by atoms with Crippen LogP contribution in [0.2, 0.25) is 0 Å². The Morgan fingerprint density at radius 3 is 2.00 bits per heavy atom. The third kappa shape index (κ3) is 2.61. The van der Waals surface area contributed by atoms with Gasteiger partial charge in [-0.05, 0) is 0 Å². The van der Waals surface area contributed by atoms with Gasteiger partial charge in [-0.15, -0.1) is 0 Å². The van der Waals surface area contributed by atoms with Crippen LogP contribution in [0.25, 0.3) is 0 Å². The second-order valence-corrected chi connectivity index (χ2v) is 1.13. The van der Waals surface area contributed by atoms with Crippen LogP contribution >= 0.6 is 0 Å². The maximum absolute atomic E-state index is 7.62. The Balaban J connectivity index is 1.97. The molecule has 0 radical (unpaired) electrons. The van der Waals surface area contributed by atoms with Crippen LogP contribution in [0.5, 0.6) is 0 Å². The molecule has 4 heteroatoms. The Labute approximate surface area is 34.8 Å². The SMILES string of the molecule is ON[I-]O. The molecule has 0 saturated heterocycles. The first kappa shape index (κ1) is 4.61. The molecule has 0 atom stereocenters. The number of rotatable bonds is 1. The molecule has 0 aromatic carbocycles. The van der Waals surface area contributed by atoms with Gasteiger partial charge >= 0.3 is 34.2 Å². The minimum absolute atomic E-state index is 1.08. The van der Waals surface area contributed by atoms with Gasteiger partial charge in [0.05, 0.1) is 0 Å². The van der Waals surface area contributed by atoms with E-state index in [2.05, 4.69) is 0 Å². The van der Waals surface area contributed by atoms with Crippen molar-refractivity contribution in [3.8, 4) is 0 Å². The molecule has 0 amide bonds. The predicted octanol–water partition coefficient (Wildman–Crippen LogP) is -4.12. The van der Waals surface area contributed by atoms with E-state index in [-0.39, 0.29) is 0 Å². The van der Waals surface area contributed by atoms with Crippen molar-refractivity contribution in [2.24, 2.45) is 0 Å². The van der Waals surface area contributed by atoms with Crippen molar-refractivity contribution >= 4 is 0 Å². The van der Waals surface area contributed by atoms with Gasteiger partial charge in [0.1, 0.15) is 0 Å². The molecule has 3 N–H and O–H groups in total. The van der Waals surface area contributed by atoms with E-state index < -0.39 is 21.9 Å². The monoisotopic (exact) mass is 176 g/mol. The fourth-order valence-corrected chi connectivity index (χ4v) is 0. The van der Waals surface area contributed by atoms with Gasteiger partial charge in [-0.1, -0.05) is 0 Å². The van der Waals surface area contributed by atoms with Crippen LogP contribution in [0.15, 0.2) is 0 Å². The average Bonchev–Trinajstić information content (AvgIpc) is 1.37. The van der Waals surface area contributed by atoms with Gasteiger partial charge < -0.3 is 0 Å². The van der Waals surface area contributed by atoms with Crippen LogP contribution in [-0.2, 0) is 0 Å². The van der Waals surface area contributed by atoms with Gasteiger partial charge in [-0.2, -0.15) is 0 Å². The summed E-state index contributed by atoms with van der Waals surface area (Å²) in [7, 11) is 0. The molecule has 3 nitrogen and oxygen atoms in total. The summed E-state index contributed by atoms with van der Waals surface area (Å²) >= 11 is -1.08. The molecule has 4 heavy (non-hydrogen) atoms. The number of halogens is 1. The van der Waals surface area contributed by atoms with Gasteiger partial charge in [-0.25, -0.2) is 0 Å². The van der Waals surface area contributed by atoms with Crippen molar-refractivity contribution in [1.82, 2.24) is 3.69 Å². The molecule has 0 aliphatic carbocycles. The molecule has 0 saturated carbocycles. The molecule has 0 aliphatic heterocycles. The Hall–Kier alpha value is 0.610. The van der Waals surface area contributed by atoms with Gasteiger partial charge in [0.15, 0.2) is 0 Å². The van der Waals surface area contributed by atoms with Crippen LogP contribution in [0.1, 0.15) is 0 Å². The van der Waals surface area contributed by atoms with E-state index in [0.717, 1.165) is 0 Å². The van der Waals surface area contributed by atoms with E-state index in [4.69, 9.17) is 8.64 Å². The van der Waals surface area contributed by atoms with Crippen LogP contribution in [0.4, 0.5) is 0 Å². The molecule has 0 aromatic rings. The quantitative estimate of drug-likeness (QED) is 0.216. The van der Waals surface area contributed by atoms with E-state index in [9.17, 15) is 0 Å². The van der Waals surface area contributed by atoms with Crippen LogP contribution in [0, 0.1) is 0 Å². The molecule has 0 bridgehead atoms. The third-order valence-electron chi connectivity index (χ3n) is 0.0378. The summed E-state index contributed by atoms with van der Waals surface area (Å²) in [4.78, 5) is 0. The van der Waals surface area contributed by atoms with Gasteiger partial charge in [0.25, 0.3) is 0 Å². The Morgan fingerprint density at radius 1 is 1.75 bits per heavy atom. The molecule has 28 valence electrons. The fourth-order valence-electron chi connectivity index (χ4n) is 0. The first-order chi connectivity index (χ1) is 1.91. The zero-order valence-electron chi connectivity index (χ0n) is 1.77. The first-order valence-electron chi connectivity index (χ1n) is 0.582. The summed E-state index contributed by atoms with van der Waals surface area (Å²) in [6, 6.07) is 0. The van der Waals surface area contributed by atoms with E-state index in [1.165, 1.54) is 0 Å². The first-order valence-corrected chi connectivity index (χ1v) is 2.63. The van der Waals surface area contributed by atoms with E-state index in [1.807, 2.05) is 0 Å². The average molecular weight is 176 g/mol. The van der Waals surface area contributed by atoms with Crippen LogP contribution < -0.4 is 25.6 Å². The number of nitrogens with one attached hydrogen (secondary N) is 1. The van der Waals surface area contributed by atoms with Crippen molar-refractivity contribution in [2.45, 2.75) is 0 Å². The molecule has 0 heterocycles. The topological polar surface area (TPSA) is 52.5 Å². The van der Waals surface area contributed by atoms with Crippen molar-refractivity contribution in [3.05, 3.63) is 0 Å². The molecule has 0 rings (SSSR count). The standard InChI is InChI=1S/H3INO2/c3-1-2-4/h2-4H/q-1. The summed E-state index contributed by atoms with van der Waals surface area (Å²) in [6.45, 7) is 0. The molecule has 0 unspecified atom stereocenters. The molecule has 0 fully saturated rings. The van der Waals surface area contributed by atoms with E-state index in [1.54, 1.807) is 3.69 Å². The molecule has 0 aromatic heterocycles. The van der Waals surface area contributed by atoms with Crippen molar-refractivity contribution < 1.29 is 30.5 Å². The van der Waals surface area contributed by atoms with Crippen LogP contribution in [-0.4, -0.2) is 8.64 Å². The summed E-state index contributed by atoms with van der Waals surface area (Å²) < 4.78 is 9.22. The van der Waals surface area contributed by atoms with Crippen molar-refractivity contribution in [3.63, 3.8) is 0 Å². The summed E-state index contributed by atoms with van der Waals surface area (Å²) in [5.74, 6) is 0. The Morgan fingerprint density at radius 2 is 2.00 bits per heavy atom. The second kappa shape index (κ2) is 3.61. The normalized spacial score (nSPS) is 8.50. The van der Waals surface area contributed by atoms with Gasteiger partial charge in [0.2, 0.25) is 0 Å².